The molecule has 0 spiro atoms. The van der Waals surface area contributed by atoms with E-state index >= 15 is 0 Å². The van der Waals surface area contributed by atoms with E-state index in [1.165, 1.54) is 0 Å². The Hall–Kier alpha value is -0.800. The minimum absolute atomic E-state index is 0.393. The van der Waals surface area contributed by atoms with Gasteiger partial charge in [-0.25, -0.2) is 4.98 Å². The lowest BCUT2D eigenvalue weighted by Gasteiger charge is -2.27. The summed E-state index contributed by atoms with van der Waals surface area (Å²) in [5.74, 6) is 0.949. The van der Waals surface area contributed by atoms with Crippen molar-refractivity contribution < 1.29 is 4.74 Å². The second-order valence-corrected chi connectivity index (χ2v) is 4.09. The van der Waals surface area contributed by atoms with Crippen LogP contribution in [-0.2, 0) is 4.74 Å². The van der Waals surface area contributed by atoms with Gasteiger partial charge in [-0.3, -0.25) is 0 Å². The van der Waals surface area contributed by atoms with Crippen LogP contribution in [0.4, 0.5) is 5.82 Å². The van der Waals surface area contributed by atoms with Crippen LogP contribution in [0.3, 0.4) is 0 Å². The number of ether oxygens (including phenoxy) is 1. The maximum absolute atomic E-state index is 5.80. The lowest BCUT2D eigenvalue weighted by atomic mass is 10.2. The van der Waals surface area contributed by atoms with Gasteiger partial charge in [-0.1, -0.05) is 11.6 Å². The highest BCUT2D eigenvalue weighted by Crippen LogP contribution is 2.31. The highest BCUT2D eigenvalue weighted by atomic mass is 35.5. The van der Waals surface area contributed by atoms with Gasteiger partial charge in [-0.2, -0.15) is 0 Å². The molecule has 2 aliphatic heterocycles. The predicted octanol–water partition coefficient (Wildman–Crippen LogP) is 1.51. The number of anilines is 1. The second kappa shape index (κ2) is 3.11. The lowest BCUT2D eigenvalue weighted by Crippen LogP contribution is -2.37. The van der Waals surface area contributed by atoms with Gasteiger partial charge in [-0.05, 0) is 18.6 Å². The van der Waals surface area contributed by atoms with Gasteiger partial charge in [0, 0.05) is 12.6 Å². The first-order valence-electron chi connectivity index (χ1n) is 4.75. The molecule has 3 heterocycles. The molecule has 2 saturated heterocycles. The molecule has 4 heteroatoms. The van der Waals surface area contributed by atoms with Crippen LogP contribution in [0.25, 0.3) is 0 Å². The van der Waals surface area contributed by atoms with E-state index in [-0.39, 0.29) is 0 Å². The smallest absolute Gasteiger partial charge is 0.139 e. The molecule has 2 atom stereocenters. The van der Waals surface area contributed by atoms with E-state index in [0.29, 0.717) is 17.3 Å². The van der Waals surface area contributed by atoms with E-state index < -0.39 is 0 Å². The van der Waals surface area contributed by atoms with Gasteiger partial charge in [0.2, 0.25) is 0 Å². The maximum Gasteiger partial charge on any atom is 0.139 e. The van der Waals surface area contributed by atoms with Gasteiger partial charge in [0.1, 0.15) is 11.0 Å². The molecule has 2 unspecified atom stereocenters. The van der Waals surface area contributed by atoms with Gasteiger partial charge in [0.15, 0.2) is 0 Å². The van der Waals surface area contributed by atoms with E-state index in [0.717, 1.165) is 25.4 Å². The number of rotatable bonds is 1. The molecule has 3 rings (SSSR count). The van der Waals surface area contributed by atoms with Crippen LogP contribution in [0, 0.1) is 6.07 Å². The van der Waals surface area contributed by atoms with Crippen LogP contribution < -0.4 is 4.90 Å². The van der Waals surface area contributed by atoms with Gasteiger partial charge in [0.05, 0.1) is 18.8 Å². The third-order valence-corrected chi connectivity index (χ3v) is 3.04. The van der Waals surface area contributed by atoms with Gasteiger partial charge in [-0.15, -0.1) is 0 Å². The Balaban J connectivity index is 1.89. The molecular formula is C10H10ClN2O. The highest BCUT2D eigenvalue weighted by Gasteiger charge is 2.39. The minimum atomic E-state index is 0.393. The average molecular weight is 210 g/mol. The normalized spacial score (nSPS) is 29.9. The molecule has 2 bridgehead atoms. The molecule has 0 aromatic carbocycles. The SMILES string of the molecule is Clc1[c]ccc(N2CC3CC2CO3)n1. The third kappa shape index (κ3) is 1.28. The van der Waals surface area contributed by atoms with Crippen molar-refractivity contribution in [2.24, 2.45) is 0 Å². The Bertz CT molecular complexity index is 358. The lowest BCUT2D eigenvalue weighted by molar-refractivity contribution is 0.0989. The van der Waals surface area contributed by atoms with Crippen molar-refractivity contribution in [3.8, 4) is 0 Å². The summed E-state index contributed by atoms with van der Waals surface area (Å²) in [7, 11) is 0. The van der Waals surface area contributed by atoms with E-state index in [2.05, 4.69) is 16.0 Å². The molecule has 0 aliphatic carbocycles. The number of morpholine rings is 1. The largest absolute Gasteiger partial charge is 0.374 e. The Morgan fingerprint density at radius 2 is 2.57 bits per heavy atom. The number of hydrogen-bond acceptors (Lipinski definition) is 3. The number of halogens is 1. The molecule has 1 radical (unpaired) electrons. The first-order valence-corrected chi connectivity index (χ1v) is 5.13. The van der Waals surface area contributed by atoms with Crippen molar-refractivity contribution in [3.63, 3.8) is 0 Å². The van der Waals surface area contributed by atoms with Crippen molar-refractivity contribution in [1.29, 1.82) is 0 Å². The highest BCUT2D eigenvalue weighted by molar-refractivity contribution is 6.29. The fraction of sp³-hybridized carbons (Fsp3) is 0.500. The summed E-state index contributed by atoms with van der Waals surface area (Å²) in [5, 5.41) is 0.436. The summed E-state index contributed by atoms with van der Waals surface area (Å²) in [6, 6.07) is 7.10. The molecule has 1 aromatic rings. The van der Waals surface area contributed by atoms with E-state index in [9.17, 15) is 0 Å². The summed E-state index contributed by atoms with van der Waals surface area (Å²) in [6.07, 6.45) is 1.52. The third-order valence-electron chi connectivity index (χ3n) is 2.84. The van der Waals surface area contributed by atoms with Crippen LogP contribution in [-0.4, -0.2) is 30.3 Å². The van der Waals surface area contributed by atoms with Crippen molar-refractivity contribution in [2.75, 3.05) is 18.1 Å². The van der Waals surface area contributed by atoms with E-state index in [4.69, 9.17) is 16.3 Å². The first kappa shape index (κ1) is 8.50. The standard InChI is InChI=1S/C10H10ClN2O/c11-9-2-1-3-10(12-9)13-5-8-4-7(13)6-14-8/h1,3,7-8H,4-6H2. The number of hydrogen-bond donors (Lipinski definition) is 0. The van der Waals surface area contributed by atoms with Gasteiger partial charge >= 0.3 is 0 Å². The summed E-state index contributed by atoms with van der Waals surface area (Å²) in [6.45, 7) is 1.76. The van der Waals surface area contributed by atoms with Crippen LogP contribution in [0.1, 0.15) is 6.42 Å². The zero-order chi connectivity index (χ0) is 9.54. The van der Waals surface area contributed by atoms with Gasteiger partial charge < -0.3 is 9.64 Å². The van der Waals surface area contributed by atoms with Crippen LogP contribution in [0.5, 0.6) is 0 Å². The Morgan fingerprint density at radius 1 is 1.64 bits per heavy atom. The van der Waals surface area contributed by atoms with E-state index in [1.807, 2.05) is 12.1 Å². The molecule has 0 amide bonds. The maximum atomic E-state index is 5.80. The summed E-state index contributed by atoms with van der Waals surface area (Å²) in [4.78, 5) is 6.53. The van der Waals surface area contributed by atoms with Crippen molar-refractivity contribution in [1.82, 2.24) is 4.98 Å². The molecule has 2 fully saturated rings. The molecule has 2 aliphatic rings. The van der Waals surface area contributed by atoms with Gasteiger partial charge in [0.25, 0.3) is 0 Å². The number of pyridine rings is 1. The Labute approximate surface area is 87.6 Å². The molecule has 0 saturated carbocycles. The minimum Gasteiger partial charge on any atom is -0.374 e. The van der Waals surface area contributed by atoms with Crippen molar-refractivity contribution in [2.45, 2.75) is 18.6 Å². The number of fused-ring (bicyclic) bond motifs is 2. The quantitative estimate of drug-likeness (QED) is 0.656. The topological polar surface area (TPSA) is 25.4 Å². The molecule has 0 N–H and O–H groups in total. The average Bonchev–Trinajstić information content (AvgIpc) is 2.78. The van der Waals surface area contributed by atoms with E-state index in [1.54, 1.807) is 0 Å². The van der Waals surface area contributed by atoms with Crippen LogP contribution in [0.2, 0.25) is 5.15 Å². The molecular weight excluding hydrogens is 200 g/mol. The number of nitrogens with zero attached hydrogens (tertiary/aromatic N) is 2. The number of aromatic nitrogens is 1. The zero-order valence-electron chi connectivity index (χ0n) is 7.61. The zero-order valence-corrected chi connectivity index (χ0v) is 8.37. The summed E-state index contributed by atoms with van der Waals surface area (Å²) >= 11 is 5.80. The monoisotopic (exact) mass is 209 g/mol. The first-order chi connectivity index (χ1) is 6.83. The molecule has 73 valence electrons. The van der Waals surface area contributed by atoms with Crippen molar-refractivity contribution >= 4 is 17.4 Å². The molecule has 3 nitrogen and oxygen atoms in total. The Morgan fingerprint density at radius 3 is 3.21 bits per heavy atom. The fourth-order valence-electron chi connectivity index (χ4n) is 2.20. The second-order valence-electron chi connectivity index (χ2n) is 3.74. The molecule has 1 aromatic heterocycles. The van der Waals surface area contributed by atoms with Crippen LogP contribution >= 0.6 is 11.6 Å². The fourth-order valence-corrected chi connectivity index (χ4v) is 2.34. The summed E-state index contributed by atoms with van der Waals surface area (Å²) in [5.41, 5.74) is 0. The molecule has 14 heavy (non-hydrogen) atoms. The summed E-state index contributed by atoms with van der Waals surface area (Å²) < 4.78 is 5.52. The van der Waals surface area contributed by atoms with Crippen LogP contribution in [0.15, 0.2) is 12.1 Å². The van der Waals surface area contributed by atoms with Crippen molar-refractivity contribution in [3.05, 3.63) is 23.4 Å². The predicted molar refractivity (Wildman–Crippen MR) is 53.6 cm³/mol. The Kier molecular flexibility index (Phi) is 1.89.